The second-order valence-corrected chi connectivity index (χ2v) is 7.99. The van der Waals surface area contributed by atoms with Crippen molar-refractivity contribution < 1.29 is 14.3 Å². The fourth-order valence-corrected chi connectivity index (χ4v) is 3.58. The summed E-state index contributed by atoms with van der Waals surface area (Å²) >= 11 is 0. The largest absolute Gasteiger partial charge is 0.494 e. The first kappa shape index (κ1) is 23.1. The van der Waals surface area contributed by atoms with E-state index in [9.17, 15) is 4.79 Å². The van der Waals surface area contributed by atoms with Crippen LogP contribution in [0.25, 0.3) is 11.1 Å². The van der Waals surface area contributed by atoms with Gasteiger partial charge in [0.05, 0.1) is 13.2 Å². The normalized spacial score (nSPS) is 10.5. The monoisotopic (exact) mass is 451 g/mol. The van der Waals surface area contributed by atoms with E-state index in [1.165, 1.54) is 11.1 Å². The molecule has 34 heavy (non-hydrogen) atoms. The molecule has 0 atom stereocenters. The van der Waals surface area contributed by atoms with E-state index in [0.717, 1.165) is 29.9 Å². The zero-order chi connectivity index (χ0) is 23.4. The molecule has 1 N–H and O–H groups in total. The van der Waals surface area contributed by atoms with Crippen molar-refractivity contribution in [2.75, 3.05) is 13.2 Å². The van der Waals surface area contributed by atoms with Crippen molar-refractivity contribution >= 4 is 5.91 Å². The molecule has 0 aliphatic carbocycles. The SMILES string of the molecule is O=C(NCc1cccc(OCCCCOc2ccc(-c3ccccc3)cc2)c1)c1ccccc1. The van der Waals surface area contributed by atoms with Gasteiger partial charge in [-0.15, -0.1) is 0 Å². The number of benzene rings is 4. The Morgan fingerprint density at radius 3 is 1.94 bits per heavy atom. The van der Waals surface area contributed by atoms with Crippen LogP contribution in [0.3, 0.4) is 0 Å². The second kappa shape index (κ2) is 12.3. The van der Waals surface area contributed by atoms with E-state index >= 15 is 0 Å². The number of hydrogen-bond donors (Lipinski definition) is 1. The van der Waals surface area contributed by atoms with Crippen molar-refractivity contribution in [1.29, 1.82) is 0 Å². The van der Waals surface area contributed by atoms with Gasteiger partial charge in [0.1, 0.15) is 11.5 Å². The van der Waals surface area contributed by atoms with E-state index in [-0.39, 0.29) is 5.91 Å². The first-order chi connectivity index (χ1) is 16.8. The van der Waals surface area contributed by atoms with Crippen molar-refractivity contribution in [3.63, 3.8) is 0 Å². The molecule has 0 spiro atoms. The minimum atomic E-state index is -0.0818. The molecule has 0 aliphatic rings. The van der Waals surface area contributed by atoms with Crippen LogP contribution in [0.1, 0.15) is 28.8 Å². The Morgan fingerprint density at radius 2 is 1.24 bits per heavy atom. The number of nitrogens with one attached hydrogen (secondary N) is 1. The number of carbonyl (C=O) groups excluding carboxylic acids is 1. The molecular weight excluding hydrogens is 422 g/mol. The average Bonchev–Trinajstić information content (AvgIpc) is 2.91. The maximum atomic E-state index is 12.2. The number of hydrogen-bond acceptors (Lipinski definition) is 3. The number of amides is 1. The first-order valence-electron chi connectivity index (χ1n) is 11.6. The summed E-state index contributed by atoms with van der Waals surface area (Å²) in [5.41, 5.74) is 4.05. The molecule has 0 aliphatic heterocycles. The van der Waals surface area contributed by atoms with E-state index in [0.29, 0.717) is 25.3 Å². The molecule has 0 heterocycles. The van der Waals surface area contributed by atoms with Gasteiger partial charge >= 0.3 is 0 Å². The summed E-state index contributed by atoms with van der Waals surface area (Å²) in [4.78, 5) is 12.2. The Kier molecular flexibility index (Phi) is 8.34. The predicted molar refractivity (Wildman–Crippen MR) is 136 cm³/mol. The lowest BCUT2D eigenvalue weighted by molar-refractivity contribution is 0.0951. The van der Waals surface area contributed by atoms with Gasteiger partial charge in [-0.2, -0.15) is 0 Å². The second-order valence-electron chi connectivity index (χ2n) is 7.99. The zero-order valence-electron chi connectivity index (χ0n) is 19.2. The van der Waals surface area contributed by atoms with E-state index in [2.05, 4.69) is 29.6 Å². The Hall–Kier alpha value is -4.05. The van der Waals surface area contributed by atoms with Crippen molar-refractivity contribution in [1.82, 2.24) is 5.32 Å². The lowest BCUT2D eigenvalue weighted by Crippen LogP contribution is -2.22. The van der Waals surface area contributed by atoms with Gasteiger partial charge in [0.2, 0.25) is 0 Å². The number of carbonyl (C=O) groups is 1. The van der Waals surface area contributed by atoms with Gasteiger partial charge in [-0.1, -0.05) is 72.8 Å². The highest BCUT2D eigenvalue weighted by atomic mass is 16.5. The van der Waals surface area contributed by atoms with E-state index in [1.54, 1.807) is 12.1 Å². The summed E-state index contributed by atoms with van der Waals surface area (Å²) in [5.74, 6) is 1.61. The topological polar surface area (TPSA) is 47.6 Å². The van der Waals surface area contributed by atoms with Crippen molar-refractivity contribution in [3.8, 4) is 22.6 Å². The molecule has 4 aromatic carbocycles. The van der Waals surface area contributed by atoms with Crippen molar-refractivity contribution in [2.24, 2.45) is 0 Å². The van der Waals surface area contributed by atoms with Crippen LogP contribution in [0, 0.1) is 0 Å². The third kappa shape index (κ3) is 6.97. The van der Waals surface area contributed by atoms with E-state index < -0.39 is 0 Å². The standard InChI is InChI=1S/C30H29NO3/c32-30(27-13-5-2-6-14-27)31-23-24-10-9-15-29(22-24)34-21-8-7-20-33-28-18-16-26(17-19-28)25-11-3-1-4-12-25/h1-6,9-19,22H,7-8,20-21,23H2,(H,31,32). The average molecular weight is 452 g/mol. The highest BCUT2D eigenvalue weighted by Gasteiger charge is 2.05. The van der Waals surface area contributed by atoms with Crippen molar-refractivity contribution in [3.05, 3.63) is 120 Å². The van der Waals surface area contributed by atoms with Gasteiger partial charge in [0.25, 0.3) is 5.91 Å². The molecule has 0 saturated heterocycles. The first-order valence-corrected chi connectivity index (χ1v) is 11.6. The molecule has 0 saturated carbocycles. The molecule has 1 amide bonds. The van der Waals surface area contributed by atoms with Gasteiger partial charge in [-0.25, -0.2) is 0 Å². The lowest BCUT2D eigenvalue weighted by atomic mass is 10.1. The summed E-state index contributed by atoms with van der Waals surface area (Å²) in [7, 11) is 0. The highest BCUT2D eigenvalue weighted by Crippen LogP contribution is 2.22. The van der Waals surface area contributed by atoms with Gasteiger partial charge in [-0.05, 0) is 65.9 Å². The van der Waals surface area contributed by atoms with Crippen LogP contribution in [-0.2, 0) is 6.54 Å². The van der Waals surface area contributed by atoms with Crippen LogP contribution in [0.2, 0.25) is 0 Å². The molecule has 0 aromatic heterocycles. The third-order valence-corrected chi connectivity index (χ3v) is 5.43. The molecular formula is C30H29NO3. The van der Waals surface area contributed by atoms with Crippen LogP contribution in [0.5, 0.6) is 11.5 Å². The molecule has 172 valence electrons. The summed E-state index contributed by atoms with van der Waals surface area (Å²) in [6, 6.07) is 35.6. The third-order valence-electron chi connectivity index (χ3n) is 5.43. The maximum absolute atomic E-state index is 12.2. The smallest absolute Gasteiger partial charge is 0.251 e. The number of ether oxygens (including phenoxy) is 2. The van der Waals surface area contributed by atoms with Gasteiger partial charge in [0, 0.05) is 12.1 Å². The Bertz CT molecular complexity index is 1160. The van der Waals surface area contributed by atoms with Crippen LogP contribution in [0.15, 0.2) is 109 Å². The predicted octanol–water partition coefficient (Wildman–Crippen LogP) is 6.52. The van der Waals surface area contributed by atoms with E-state index in [4.69, 9.17) is 9.47 Å². The van der Waals surface area contributed by atoms with Crippen LogP contribution >= 0.6 is 0 Å². The van der Waals surface area contributed by atoms with Crippen LogP contribution < -0.4 is 14.8 Å². The minimum absolute atomic E-state index is 0.0818. The molecule has 4 aromatic rings. The Labute approximate surface area is 201 Å². The molecule has 4 heteroatoms. The quantitative estimate of drug-likeness (QED) is 0.264. The maximum Gasteiger partial charge on any atom is 0.251 e. The summed E-state index contributed by atoms with van der Waals surface area (Å²) in [5, 5.41) is 2.94. The molecule has 4 nitrogen and oxygen atoms in total. The number of rotatable bonds is 11. The van der Waals surface area contributed by atoms with Gasteiger partial charge in [0.15, 0.2) is 0 Å². The lowest BCUT2D eigenvalue weighted by Gasteiger charge is -2.10. The van der Waals surface area contributed by atoms with Gasteiger partial charge < -0.3 is 14.8 Å². The highest BCUT2D eigenvalue weighted by molar-refractivity contribution is 5.94. The summed E-state index contributed by atoms with van der Waals surface area (Å²) < 4.78 is 11.8. The van der Waals surface area contributed by atoms with Crippen LogP contribution in [0.4, 0.5) is 0 Å². The minimum Gasteiger partial charge on any atom is -0.494 e. The summed E-state index contributed by atoms with van der Waals surface area (Å²) in [6.45, 7) is 1.73. The zero-order valence-corrected chi connectivity index (χ0v) is 19.2. The Morgan fingerprint density at radius 1 is 0.618 bits per heavy atom. The van der Waals surface area contributed by atoms with Crippen molar-refractivity contribution in [2.45, 2.75) is 19.4 Å². The molecule has 4 rings (SSSR count). The van der Waals surface area contributed by atoms with E-state index in [1.807, 2.05) is 72.8 Å². The van der Waals surface area contributed by atoms with Gasteiger partial charge in [-0.3, -0.25) is 4.79 Å². The fourth-order valence-electron chi connectivity index (χ4n) is 3.58. The molecule has 0 fully saturated rings. The molecule has 0 radical (unpaired) electrons. The molecule has 0 bridgehead atoms. The molecule has 0 unspecified atom stereocenters. The van der Waals surface area contributed by atoms with Crippen LogP contribution in [-0.4, -0.2) is 19.1 Å². The number of unbranched alkanes of at least 4 members (excludes halogenated alkanes) is 1. The Balaban J connectivity index is 1.14. The fraction of sp³-hybridized carbons (Fsp3) is 0.167. The summed E-state index contributed by atoms with van der Waals surface area (Å²) in [6.07, 6.45) is 1.81.